The average Bonchev–Trinajstić information content (AvgIpc) is 3.63. The number of hydrogen-bond donors (Lipinski definition) is 4. The lowest BCUT2D eigenvalue weighted by atomic mass is 9.99. The number of nitrogens with two attached hydrogens (primary N) is 1. The fourth-order valence-electron chi connectivity index (χ4n) is 4.99. The molecule has 1 saturated carbocycles. The predicted octanol–water partition coefficient (Wildman–Crippen LogP) is 3.25. The lowest BCUT2D eigenvalue weighted by Gasteiger charge is -2.19. The van der Waals surface area contributed by atoms with Gasteiger partial charge in [0.2, 0.25) is 0 Å². The summed E-state index contributed by atoms with van der Waals surface area (Å²) in [4.78, 5) is 33.2. The molecule has 1 unspecified atom stereocenters. The van der Waals surface area contributed by atoms with Crippen LogP contribution in [-0.4, -0.2) is 58.4 Å². The standard InChI is InChI=1S/C29H44N6O4/c1-31-19-22-16-21(17-27(28(22)38)39-26-8-3-4-9-26)10-11-25(37)18-24(36)7-5-6-23(34-29(30)32-2)12-14-35-15-13-33-20-35/h13,15-17,20,23,26,31,38H,3-12,14,18-19H2,1-2H3,(H3,30,32,34). The Morgan fingerprint density at radius 3 is 2.69 bits per heavy atom. The molecule has 39 heavy (non-hydrogen) atoms. The molecule has 10 heteroatoms. The zero-order valence-corrected chi connectivity index (χ0v) is 23.3. The van der Waals surface area contributed by atoms with E-state index in [0.29, 0.717) is 37.5 Å². The fourth-order valence-corrected chi connectivity index (χ4v) is 4.99. The second-order valence-corrected chi connectivity index (χ2v) is 10.3. The number of imidazole rings is 1. The summed E-state index contributed by atoms with van der Waals surface area (Å²) in [6, 6.07) is 3.82. The first-order valence-electron chi connectivity index (χ1n) is 14.0. The first-order chi connectivity index (χ1) is 18.9. The number of guanidine groups is 1. The average molecular weight is 541 g/mol. The monoisotopic (exact) mass is 540 g/mol. The number of ketones is 2. The fraction of sp³-hybridized carbons (Fsp3) is 0.586. The van der Waals surface area contributed by atoms with Crippen LogP contribution in [0.2, 0.25) is 0 Å². The second kappa shape index (κ2) is 15.9. The van der Waals surface area contributed by atoms with Crippen LogP contribution in [0.3, 0.4) is 0 Å². The molecule has 1 atom stereocenters. The van der Waals surface area contributed by atoms with Gasteiger partial charge in [0.15, 0.2) is 17.5 Å². The minimum Gasteiger partial charge on any atom is -0.504 e. The molecule has 1 fully saturated rings. The number of carbonyl (C=O) groups excluding carboxylic acids is 2. The highest BCUT2D eigenvalue weighted by Crippen LogP contribution is 2.35. The molecule has 0 saturated heterocycles. The van der Waals surface area contributed by atoms with E-state index in [-0.39, 0.29) is 42.3 Å². The molecular weight excluding hydrogens is 496 g/mol. The summed E-state index contributed by atoms with van der Waals surface area (Å²) in [6.07, 6.45) is 13.1. The third kappa shape index (κ3) is 10.4. The van der Waals surface area contributed by atoms with Gasteiger partial charge in [-0.3, -0.25) is 14.6 Å². The van der Waals surface area contributed by atoms with Crippen molar-refractivity contribution in [3.8, 4) is 11.5 Å². The van der Waals surface area contributed by atoms with E-state index in [9.17, 15) is 14.7 Å². The number of carbonyl (C=O) groups is 2. The Morgan fingerprint density at radius 2 is 2.00 bits per heavy atom. The van der Waals surface area contributed by atoms with Gasteiger partial charge in [0.1, 0.15) is 11.6 Å². The summed E-state index contributed by atoms with van der Waals surface area (Å²) in [7, 11) is 3.45. The summed E-state index contributed by atoms with van der Waals surface area (Å²) in [6.45, 7) is 1.28. The molecule has 3 rings (SSSR count). The molecule has 1 heterocycles. The van der Waals surface area contributed by atoms with Crippen molar-refractivity contribution >= 4 is 17.5 Å². The summed E-state index contributed by atoms with van der Waals surface area (Å²) < 4.78 is 8.09. The van der Waals surface area contributed by atoms with Crippen LogP contribution in [0, 0.1) is 0 Å². The van der Waals surface area contributed by atoms with Crippen molar-refractivity contribution in [2.24, 2.45) is 10.7 Å². The molecule has 1 aromatic carbocycles. The Kier molecular flexibility index (Phi) is 12.3. The number of phenols is 1. The molecule has 0 aliphatic heterocycles. The molecule has 214 valence electrons. The number of rotatable bonds is 17. The van der Waals surface area contributed by atoms with Crippen LogP contribution < -0.4 is 21.1 Å². The van der Waals surface area contributed by atoms with Crippen LogP contribution in [0.1, 0.15) is 75.3 Å². The Hall–Kier alpha value is -3.40. The third-order valence-corrected chi connectivity index (χ3v) is 7.16. The SMILES string of the molecule is CN=C(N)NC(CCCC(=O)CC(=O)CCc1cc(CNC)c(O)c(OC2CCCC2)c1)CCn1ccnc1. The van der Waals surface area contributed by atoms with Crippen LogP contribution in [-0.2, 0) is 29.1 Å². The van der Waals surface area contributed by atoms with Gasteiger partial charge in [-0.15, -0.1) is 0 Å². The van der Waals surface area contributed by atoms with Crippen molar-refractivity contribution in [1.29, 1.82) is 0 Å². The Labute approximate surface area is 231 Å². The van der Waals surface area contributed by atoms with E-state index < -0.39 is 0 Å². The number of aromatic hydroxyl groups is 1. The van der Waals surface area contributed by atoms with E-state index in [2.05, 4.69) is 20.6 Å². The summed E-state index contributed by atoms with van der Waals surface area (Å²) in [5, 5.41) is 16.9. The number of ether oxygens (including phenoxy) is 1. The zero-order chi connectivity index (χ0) is 28.0. The smallest absolute Gasteiger partial charge is 0.188 e. The van der Waals surface area contributed by atoms with Gasteiger partial charge in [0.25, 0.3) is 0 Å². The molecule has 2 aromatic rings. The molecule has 0 amide bonds. The van der Waals surface area contributed by atoms with E-state index >= 15 is 0 Å². The maximum absolute atomic E-state index is 12.6. The normalized spacial score (nSPS) is 14.9. The van der Waals surface area contributed by atoms with Gasteiger partial charge < -0.3 is 30.8 Å². The van der Waals surface area contributed by atoms with Crippen molar-refractivity contribution in [2.45, 2.75) is 95.9 Å². The molecule has 1 aliphatic carbocycles. The Balaban J connectivity index is 1.46. The second-order valence-electron chi connectivity index (χ2n) is 10.3. The molecule has 0 bridgehead atoms. The predicted molar refractivity (Wildman–Crippen MR) is 152 cm³/mol. The van der Waals surface area contributed by atoms with Gasteiger partial charge in [-0.1, -0.05) is 6.07 Å². The van der Waals surface area contributed by atoms with Crippen LogP contribution in [0.5, 0.6) is 11.5 Å². The van der Waals surface area contributed by atoms with E-state index in [4.69, 9.17) is 10.5 Å². The number of aryl methyl sites for hydroxylation is 2. The van der Waals surface area contributed by atoms with Crippen LogP contribution in [0.25, 0.3) is 0 Å². The first-order valence-corrected chi connectivity index (χ1v) is 14.0. The number of phenolic OH excluding ortho intramolecular Hbond substituents is 1. The minimum atomic E-state index is -0.0707. The molecule has 5 N–H and O–H groups in total. The van der Waals surface area contributed by atoms with E-state index in [0.717, 1.165) is 56.2 Å². The topological polar surface area (TPSA) is 144 Å². The number of aromatic nitrogens is 2. The van der Waals surface area contributed by atoms with Crippen molar-refractivity contribution < 1.29 is 19.4 Å². The number of benzene rings is 1. The van der Waals surface area contributed by atoms with Gasteiger partial charge >= 0.3 is 0 Å². The maximum Gasteiger partial charge on any atom is 0.188 e. The van der Waals surface area contributed by atoms with E-state index in [1.807, 2.05) is 29.9 Å². The van der Waals surface area contributed by atoms with Gasteiger partial charge in [-0.2, -0.15) is 0 Å². The first kappa shape index (κ1) is 30.1. The maximum atomic E-state index is 12.6. The quantitative estimate of drug-likeness (QED) is 0.136. The molecule has 1 aromatic heterocycles. The van der Waals surface area contributed by atoms with Gasteiger partial charge in [-0.25, -0.2) is 4.98 Å². The van der Waals surface area contributed by atoms with Gasteiger partial charge in [0, 0.05) is 57.0 Å². The molecular formula is C29H44N6O4. The highest BCUT2D eigenvalue weighted by molar-refractivity contribution is 5.99. The molecule has 0 spiro atoms. The van der Waals surface area contributed by atoms with Crippen LogP contribution in [0.15, 0.2) is 35.8 Å². The highest BCUT2D eigenvalue weighted by atomic mass is 16.5. The van der Waals surface area contributed by atoms with E-state index in [1.54, 1.807) is 19.6 Å². The summed E-state index contributed by atoms with van der Waals surface area (Å²) in [5.74, 6) is 0.899. The Morgan fingerprint density at radius 1 is 1.23 bits per heavy atom. The number of hydrogen-bond acceptors (Lipinski definition) is 7. The number of aliphatic imine (C=N–C) groups is 1. The van der Waals surface area contributed by atoms with Gasteiger partial charge in [0.05, 0.1) is 18.9 Å². The minimum absolute atomic E-state index is 0.0441. The van der Waals surface area contributed by atoms with Crippen molar-refractivity contribution in [1.82, 2.24) is 20.2 Å². The van der Waals surface area contributed by atoms with Crippen LogP contribution in [0.4, 0.5) is 0 Å². The van der Waals surface area contributed by atoms with E-state index in [1.165, 1.54) is 0 Å². The number of nitrogens with zero attached hydrogens (tertiary/aromatic N) is 3. The number of nitrogens with one attached hydrogen (secondary N) is 2. The molecule has 1 aliphatic rings. The van der Waals surface area contributed by atoms with Crippen LogP contribution >= 0.6 is 0 Å². The number of Topliss-reactive ketones (excluding diaryl/α,β-unsaturated/α-hetero) is 2. The largest absolute Gasteiger partial charge is 0.504 e. The lowest BCUT2D eigenvalue weighted by Crippen LogP contribution is -2.40. The summed E-state index contributed by atoms with van der Waals surface area (Å²) >= 11 is 0. The van der Waals surface area contributed by atoms with Crippen molar-refractivity contribution in [3.63, 3.8) is 0 Å². The summed E-state index contributed by atoms with van der Waals surface area (Å²) in [5.41, 5.74) is 7.54. The third-order valence-electron chi connectivity index (χ3n) is 7.16. The van der Waals surface area contributed by atoms with Crippen molar-refractivity contribution in [2.75, 3.05) is 14.1 Å². The zero-order valence-electron chi connectivity index (χ0n) is 23.3. The Bertz CT molecular complexity index is 1080. The lowest BCUT2D eigenvalue weighted by molar-refractivity contribution is -0.127. The van der Waals surface area contributed by atoms with Gasteiger partial charge in [-0.05, 0) is 70.0 Å². The molecule has 0 radical (unpaired) electrons. The highest BCUT2D eigenvalue weighted by Gasteiger charge is 2.20. The molecule has 10 nitrogen and oxygen atoms in total. The van der Waals surface area contributed by atoms with Crippen molar-refractivity contribution in [3.05, 3.63) is 42.0 Å².